The molecule has 2 fully saturated rings. The molecule has 3 rings (SSSR count). The first-order valence-corrected chi connectivity index (χ1v) is 8.59. The van der Waals surface area contributed by atoms with Crippen molar-refractivity contribution in [3.8, 4) is 0 Å². The Balaban J connectivity index is 1.56. The highest BCUT2D eigenvalue weighted by atomic mass is 16.5. The molecule has 3 heterocycles. The SMILES string of the molecule is CCn1c(CC2CCN(C(=O)C3CCOC3)CC2)nn(C)c1=O. The summed E-state index contributed by atoms with van der Waals surface area (Å²) in [4.78, 5) is 26.3. The van der Waals surface area contributed by atoms with Crippen molar-refractivity contribution < 1.29 is 9.53 Å². The second kappa shape index (κ2) is 6.86. The molecule has 1 aromatic rings. The van der Waals surface area contributed by atoms with Gasteiger partial charge in [0.1, 0.15) is 5.82 Å². The van der Waals surface area contributed by atoms with Gasteiger partial charge in [0.05, 0.1) is 12.5 Å². The normalized spacial score (nSPS) is 22.7. The lowest BCUT2D eigenvalue weighted by atomic mass is 9.92. The molecule has 0 N–H and O–H groups in total. The van der Waals surface area contributed by atoms with Crippen LogP contribution in [0.15, 0.2) is 4.79 Å². The summed E-state index contributed by atoms with van der Waals surface area (Å²) in [5.41, 5.74) is -0.0450. The van der Waals surface area contributed by atoms with Gasteiger partial charge in [-0.1, -0.05) is 0 Å². The summed E-state index contributed by atoms with van der Waals surface area (Å²) in [5.74, 6) is 1.68. The van der Waals surface area contributed by atoms with Crippen LogP contribution in [0.5, 0.6) is 0 Å². The molecule has 1 amide bonds. The first-order chi connectivity index (χ1) is 11.1. The van der Waals surface area contributed by atoms with Gasteiger partial charge in [-0.2, -0.15) is 5.10 Å². The van der Waals surface area contributed by atoms with Gasteiger partial charge in [0.2, 0.25) is 5.91 Å². The molecule has 2 aliphatic heterocycles. The molecule has 7 nitrogen and oxygen atoms in total. The number of aryl methyl sites for hydroxylation is 1. The van der Waals surface area contributed by atoms with Crippen LogP contribution in [0.1, 0.15) is 32.0 Å². The van der Waals surface area contributed by atoms with E-state index in [9.17, 15) is 9.59 Å². The first kappa shape index (κ1) is 16.2. The fourth-order valence-electron chi connectivity index (χ4n) is 3.63. The molecule has 1 unspecified atom stereocenters. The van der Waals surface area contributed by atoms with Crippen LogP contribution in [-0.2, 0) is 29.5 Å². The molecule has 2 aliphatic rings. The van der Waals surface area contributed by atoms with E-state index in [1.54, 1.807) is 11.6 Å². The molecule has 0 radical (unpaired) electrons. The van der Waals surface area contributed by atoms with Crippen LogP contribution in [0.3, 0.4) is 0 Å². The second-order valence-corrected chi connectivity index (χ2v) is 6.60. The van der Waals surface area contributed by atoms with E-state index >= 15 is 0 Å². The van der Waals surface area contributed by atoms with Gasteiger partial charge in [0, 0.05) is 39.7 Å². The summed E-state index contributed by atoms with van der Waals surface area (Å²) in [7, 11) is 1.70. The minimum absolute atomic E-state index is 0.0450. The van der Waals surface area contributed by atoms with Crippen molar-refractivity contribution >= 4 is 5.91 Å². The molecule has 0 aliphatic carbocycles. The highest BCUT2D eigenvalue weighted by Gasteiger charge is 2.31. The van der Waals surface area contributed by atoms with Crippen molar-refractivity contribution in [3.63, 3.8) is 0 Å². The number of aromatic nitrogens is 3. The summed E-state index contributed by atoms with van der Waals surface area (Å²) >= 11 is 0. The fourth-order valence-corrected chi connectivity index (χ4v) is 3.63. The topological polar surface area (TPSA) is 69.4 Å². The van der Waals surface area contributed by atoms with Crippen LogP contribution in [0.2, 0.25) is 0 Å². The highest BCUT2D eigenvalue weighted by molar-refractivity contribution is 5.79. The molecule has 1 aromatic heterocycles. The molecular formula is C16H26N4O3. The van der Waals surface area contributed by atoms with Crippen molar-refractivity contribution in [2.45, 2.75) is 39.2 Å². The van der Waals surface area contributed by atoms with E-state index in [1.165, 1.54) is 4.68 Å². The highest BCUT2D eigenvalue weighted by Crippen LogP contribution is 2.24. The summed E-state index contributed by atoms with van der Waals surface area (Å²) in [6.07, 6.45) is 3.63. The number of hydrogen-bond donors (Lipinski definition) is 0. The Morgan fingerprint density at radius 3 is 2.65 bits per heavy atom. The Morgan fingerprint density at radius 1 is 1.30 bits per heavy atom. The zero-order valence-electron chi connectivity index (χ0n) is 14.0. The average molecular weight is 322 g/mol. The Morgan fingerprint density at radius 2 is 2.04 bits per heavy atom. The Hall–Kier alpha value is -1.63. The summed E-state index contributed by atoms with van der Waals surface area (Å²) in [6, 6.07) is 0. The minimum atomic E-state index is -0.0450. The van der Waals surface area contributed by atoms with E-state index in [2.05, 4.69) is 5.10 Å². The van der Waals surface area contributed by atoms with E-state index in [0.717, 1.165) is 44.6 Å². The molecule has 1 atom stereocenters. The molecule has 23 heavy (non-hydrogen) atoms. The van der Waals surface area contributed by atoms with E-state index in [0.29, 0.717) is 25.7 Å². The van der Waals surface area contributed by atoms with Gasteiger partial charge in [-0.25, -0.2) is 9.48 Å². The second-order valence-electron chi connectivity index (χ2n) is 6.60. The van der Waals surface area contributed by atoms with Crippen molar-refractivity contribution in [1.29, 1.82) is 0 Å². The van der Waals surface area contributed by atoms with E-state index in [-0.39, 0.29) is 17.5 Å². The van der Waals surface area contributed by atoms with E-state index in [4.69, 9.17) is 4.74 Å². The van der Waals surface area contributed by atoms with Gasteiger partial charge in [0.25, 0.3) is 0 Å². The Bertz CT molecular complexity index is 607. The van der Waals surface area contributed by atoms with E-state index < -0.39 is 0 Å². The predicted molar refractivity (Wildman–Crippen MR) is 85.1 cm³/mol. The van der Waals surface area contributed by atoms with Crippen molar-refractivity contribution in [1.82, 2.24) is 19.2 Å². The molecule has 0 saturated carbocycles. The van der Waals surface area contributed by atoms with Crippen LogP contribution in [0.4, 0.5) is 0 Å². The Labute approximate surface area is 136 Å². The number of carbonyl (C=O) groups excluding carboxylic acids is 1. The number of likely N-dealkylation sites (tertiary alicyclic amines) is 1. The van der Waals surface area contributed by atoms with Crippen LogP contribution < -0.4 is 5.69 Å². The quantitative estimate of drug-likeness (QED) is 0.805. The van der Waals surface area contributed by atoms with Gasteiger partial charge >= 0.3 is 5.69 Å². The maximum atomic E-state index is 12.4. The molecule has 0 spiro atoms. The third-order valence-electron chi connectivity index (χ3n) is 5.08. The van der Waals surface area contributed by atoms with Gasteiger partial charge in [0.15, 0.2) is 0 Å². The molecule has 0 bridgehead atoms. The zero-order chi connectivity index (χ0) is 16.4. The zero-order valence-corrected chi connectivity index (χ0v) is 14.0. The van der Waals surface area contributed by atoms with Crippen molar-refractivity contribution in [2.24, 2.45) is 18.9 Å². The fraction of sp³-hybridized carbons (Fsp3) is 0.812. The van der Waals surface area contributed by atoms with Crippen molar-refractivity contribution in [3.05, 3.63) is 16.3 Å². The third-order valence-corrected chi connectivity index (χ3v) is 5.08. The smallest absolute Gasteiger partial charge is 0.345 e. The predicted octanol–water partition coefficient (Wildman–Crippen LogP) is 0.419. The minimum Gasteiger partial charge on any atom is -0.381 e. The molecule has 0 aromatic carbocycles. The lowest BCUT2D eigenvalue weighted by Crippen LogP contribution is -2.42. The van der Waals surface area contributed by atoms with Gasteiger partial charge < -0.3 is 9.64 Å². The van der Waals surface area contributed by atoms with Crippen LogP contribution >= 0.6 is 0 Å². The standard InChI is InChI=1S/C16H26N4O3/c1-3-20-14(17-18(2)16(20)22)10-12-4-7-19(8-5-12)15(21)13-6-9-23-11-13/h12-13H,3-11H2,1-2H3. The summed E-state index contributed by atoms with van der Waals surface area (Å²) < 4.78 is 8.48. The first-order valence-electron chi connectivity index (χ1n) is 8.59. The van der Waals surface area contributed by atoms with Crippen LogP contribution in [0.25, 0.3) is 0 Å². The molecule has 2 saturated heterocycles. The third kappa shape index (κ3) is 3.34. The lowest BCUT2D eigenvalue weighted by Gasteiger charge is -2.33. The maximum absolute atomic E-state index is 12.4. The number of piperidine rings is 1. The number of carbonyl (C=O) groups is 1. The van der Waals surface area contributed by atoms with Gasteiger partial charge in [-0.3, -0.25) is 9.36 Å². The largest absolute Gasteiger partial charge is 0.381 e. The summed E-state index contributed by atoms with van der Waals surface area (Å²) in [6.45, 7) is 5.53. The molecular weight excluding hydrogens is 296 g/mol. The number of hydrogen-bond acceptors (Lipinski definition) is 4. The number of amides is 1. The maximum Gasteiger partial charge on any atom is 0.345 e. The molecule has 7 heteroatoms. The van der Waals surface area contributed by atoms with Crippen molar-refractivity contribution in [2.75, 3.05) is 26.3 Å². The Kier molecular flexibility index (Phi) is 4.84. The monoisotopic (exact) mass is 322 g/mol. The van der Waals surface area contributed by atoms with Crippen LogP contribution in [-0.4, -0.2) is 51.5 Å². The summed E-state index contributed by atoms with van der Waals surface area (Å²) in [5, 5.41) is 4.36. The van der Waals surface area contributed by atoms with Gasteiger partial charge in [-0.05, 0) is 32.1 Å². The number of ether oxygens (including phenoxy) is 1. The average Bonchev–Trinajstić information content (AvgIpc) is 3.17. The number of rotatable bonds is 4. The molecule has 128 valence electrons. The van der Waals surface area contributed by atoms with E-state index in [1.807, 2.05) is 11.8 Å². The van der Waals surface area contributed by atoms with Crippen LogP contribution in [0, 0.1) is 11.8 Å². The number of nitrogens with zero attached hydrogens (tertiary/aromatic N) is 4. The lowest BCUT2D eigenvalue weighted by molar-refractivity contribution is -0.136. The van der Waals surface area contributed by atoms with Gasteiger partial charge in [-0.15, -0.1) is 0 Å².